The molecule has 1 aromatic heterocycles. The van der Waals surface area contributed by atoms with Crippen LogP contribution < -0.4 is 9.30 Å². The molecule has 134 valence electrons. The predicted octanol–water partition coefficient (Wildman–Crippen LogP) is 4.22. The number of aromatic nitrogens is 1. The maximum atomic E-state index is 5.77. The van der Waals surface area contributed by atoms with E-state index in [2.05, 4.69) is 47.9 Å². The molecule has 0 saturated heterocycles. The van der Waals surface area contributed by atoms with E-state index in [9.17, 15) is 0 Å². The van der Waals surface area contributed by atoms with Gasteiger partial charge >= 0.3 is 0 Å². The van der Waals surface area contributed by atoms with E-state index in [1.807, 2.05) is 48.8 Å². The monoisotopic (exact) mass is 348 g/mol. The first-order valence-electron chi connectivity index (χ1n) is 9.12. The van der Waals surface area contributed by atoms with Crippen molar-refractivity contribution in [1.82, 2.24) is 0 Å². The third-order valence-electron chi connectivity index (χ3n) is 4.45. The lowest BCUT2D eigenvalue weighted by atomic mass is 9.93. The van der Waals surface area contributed by atoms with E-state index < -0.39 is 0 Å². The minimum atomic E-state index is 0.379. The van der Waals surface area contributed by atoms with Crippen LogP contribution >= 0.6 is 0 Å². The molecule has 2 aromatic carbocycles. The first-order chi connectivity index (χ1) is 12.8. The molecule has 0 fully saturated rings. The molecule has 0 spiro atoms. The molecular weight excluding hydrogens is 322 g/mol. The highest BCUT2D eigenvalue weighted by molar-refractivity contribution is 5.35. The number of nitrogens with zero attached hydrogens (tertiary/aromatic N) is 1. The second kappa shape index (κ2) is 9.73. The second-order valence-corrected chi connectivity index (χ2v) is 6.28. The van der Waals surface area contributed by atoms with E-state index in [1.54, 1.807) is 0 Å². The fourth-order valence-electron chi connectivity index (χ4n) is 2.86. The van der Waals surface area contributed by atoms with Crippen molar-refractivity contribution in [2.75, 3.05) is 19.8 Å². The third-order valence-corrected chi connectivity index (χ3v) is 4.45. The van der Waals surface area contributed by atoms with Crippen LogP contribution in [0, 0.1) is 0 Å². The Kier molecular flexibility index (Phi) is 6.80. The Balaban J connectivity index is 1.38. The molecule has 3 rings (SSSR count). The lowest BCUT2D eigenvalue weighted by Gasteiger charge is -2.13. The van der Waals surface area contributed by atoms with Gasteiger partial charge in [-0.25, -0.2) is 4.57 Å². The Bertz CT molecular complexity index is 757. The van der Waals surface area contributed by atoms with Crippen LogP contribution in [0.5, 0.6) is 5.75 Å². The largest absolute Gasteiger partial charge is 0.491 e. The van der Waals surface area contributed by atoms with Gasteiger partial charge in [0.15, 0.2) is 18.9 Å². The summed E-state index contributed by atoms with van der Waals surface area (Å²) >= 11 is 0. The molecule has 0 radical (unpaired) electrons. The van der Waals surface area contributed by atoms with Crippen molar-refractivity contribution in [1.29, 1.82) is 0 Å². The van der Waals surface area contributed by atoms with Gasteiger partial charge < -0.3 is 9.47 Å². The summed E-state index contributed by atoms with van der Waals surface area (Å²) < 4.78 is 13.5. The van der Waals surface area contributed by atoms with Crippen LogP contribution in [0.15, 0.2) is 85.2 Å². The summed E-state index contributed by atoms with van der Waals surface area (Å²) in [6.07, 6.45) is 4.08. The van der Waals surface area contributed by atoms with Crippen LogP contribution in [-0.4, -0.2) is 19.8 Å². The van der Waals surface area contributed by atoms with E-state index in [0.29, 0.717) is 25.7 Å². The zero-order valence-corrected chi connectivity index (χ0v) is 15.3. The Morgan fingerprint density at radius 1 is 0.731 bits per heavy atom. The van der Waals surface area contributed by atoms with Gasteiger partial charge in [-0.1, -0.05) is 55.5 Å². The van der Waals surface area contributed by atoms with Crippen LogP contribution in [-0.2, 0) is 11.3 Å². The molecule has 1 unspecified atom stereocenters. The number of hydrogen-bond donors (Lipinski definition) is 0. The summed E-state index contributed by atoms with van der Waals surface area (Å²) in [6, 6.07) is 24.9. The quantitative estimate of drug-likeness (QED) is 0.427. The molecule has 0 saturated carbocycles. The van der Waals surface area contributed by atoms with Crippen molar-refractivity contribution in [3.8, 4) is 5.75 Å². The number of hydrogen-bond acceptors (Lipinski definition) is 2. The number of benzene rings is 2. The Morgan fingerprint density at radius 2 is 1.38 bits per heavy atom. The van der Waals surface area contributed by atoms with E-state index in [0.717, 1.165) is 12.3 Å². The molecule has 3 aromatic rings. The summed E-state index contributed by atoms with van der Waals surface area (Å²) in [5.41, 5.74) is 2.62. The first-order valence-corrected chi connectivity index (χ1v) is 9.12. The van der Waals surface area contributed by atoms with Gasteiger partial charge in [0.05, 0.1) is 6.61 Å². The minimum Gasteiger partial charge on any atom is -0.491 e. The zero-order valence-electron chi connectivity index (χ0n) is 15.3. The molecular formula is C23H26NO2+. The fraction of sp³-hybridized carbons (Fsp3) is 0.261. The maximum absolute atomic E-state index is 5.77. The van der Waals surface area contributed by atoms with Gasteiger partial charge in [-0.15, -0.1) is 0 Å². The molecule has 3 heteroatoms. The van der Waals surface area contributed by atoms with E-state index in [1.165, 1.54) is 11.1 Å². The van der Waals surface area contributed by atoms with Crippen molar-refractivity contribution in [2.45, 2.75) is 19.4 Å². The van der Waals surface area contributed by atoms with Gasteiger partial charge in [-0.05, 0) is 23.3 Å². The molecule has 0 N–H and O–H groups in total. The SMILES string of the molecule is CC(c1ccccc1)c1ccc(OCCOCC[n+]2ccccc2)cc1. The van der Waals surface area contributed by atoms with Gasteiger partial charge in [0.25, 0.3) is 0 Å². The van der Waals surface area contributed by atoms with Crippen molar-refractivity contribution >= 4 is 0 Å². The maximum Gasteiger partial charge on any atom is 0.171 e. The van der Waals surface area contributed by atoms with Crippen molar-refractivity contribution in [3.63, 3.8) is 0 Å². The highest BCUT2D eigenvalue weighted by Crippen LogP contribution is 2.25. The molecule has 0 aliphatic heterocycles. The molecule has 0 bridgehead atoms. The lowest BCUT2D eigenvalue weighted by Crippen LogP contribution is -2.35. The summed E-state index contributed by atoms with van der Waals surface area (Å²) in [6.45, 7) is 4.92. The Labute approximate surface area is 155 Å². The molecule has 26 heavy (non-hydrogen) atoms. The average molecular weight is 348 g/mol. The molecule has 1 atom stereocenters. The van der Waals surface area contributed by atoms with Crippen LogP contribution in [0.25, 0.3) is 0 Å². The number of pyridine rings is 1. The van der Waals surface area contributed by atoms with Gasteiger partial charge in [0.1, 0.15) is 19.0 Å². The van der Waals surface area contributed by atoms with E-state index in [4.69, 9.17) is 9.47 Å². The van der Waals surface area contributed by atoms with E-state index >= 15 is 0 Å². The smallest absolute Gasteiger partial charge is 0.171 e. The van der Waals surface area contributed by atoms with Crippen molar-refractivity contribution < 1.29 is 14.0 Å². The second-order valence-electron chi connectivity index (χ2n) is 6.28. The topological polar surface area (TPSA) is 22.3 Å². The lowest BCUT2D eigenvalue weighted by molar-refractivity contribution is -0.698. The fourth-order valence-corrected chi connectivity index (χ4v) is 2.86. The highest BCUT2D eigenvalue weighted by atomic mass is 16.5. The molecule has 0 aliphatic rings. The van der Waals surface area contributed by atoms with Crippen LogP contribution in [0.3, 0.4) is 0 Å². The number of ether oxygens (including phenoxy) is 2. The van der Waals surface area contributed by atoms with Crippen molar-refractivity contribution in [3.05, 3.63) is 96.3 Å². The highest BCUT2D eigenvalue weighted by Gasteiger charge is 2.07. The molecule has 0 amide bonds. The normalized spacial score (nSPS) is 11.9. The van der Waals surface area contributed by atoms with Gasteiger partial charge in [0, 0.05) is 18.1 Å². The zero-order chi connectivity index (χ0) is 18.0. The summed E-state index contributed by atoms with van der Waals surface area (Å²) in [5.74, 6) is 1.26. The van der Waals surface area contributed by atoms with Crippen LogP contribution in [0.4, 0.5) is 0 Å². The third kappa shape index (κ3) is 5.43. The van der Waals surface area contributed by atoms with Gasteiger partial charge in [-0.2, -0.15) is 0 Å². The van der Waals surface area contributed by atoms with E-state index in [-0.39, 0.29) is 0 Å². The van der Waals surface area contributed by atoms with Gasteiger partial charge in [0.2, 0.25) is 0 Å². The molecule has 3 nitrogen and oxygen atoms in total. The summed E-state index contributed by atoms with van der Waals surface area (Å²) in [5, 5.41) is 0. The van der Waals surface area contributed by atoms with Crippen LogP contribution in [0.1, 0.15) is 24.0 Å². The van der Waals surface area contributed by atoms with Crippen LogP contribution in [0.2, 0.25) is 0 Å². The molecule has 0 aliphatic carbocycles. The minimum absolute atomic E-state index is 0.379. The average Bonchev–Trinajstić information content (AvgIpc) is 2.72. The molecule has 1 heterocycles. The Morgan fingerprint density at radius 3 is 2.12 bits per heavy atom. The first kappa shape index (κ1) is 18.2. The summed E-state index contributed by atoms with van der Waals surface area (Å²) in [4.78, 5) is 0. The predicted molar refractivity (Wildman–Crippen MR) is 103 cm³/mol. The van der Waals surface area contributed by atoms with Gasteiger partial charge in [-0.3, -0.25) is 0 Å². The van der Waals surface area contributed by atoms with Crippen molar-refractivity contribution in [2.24, 2.45) is 0 Å². The summed E-state index contributed by atoms with van der Waals surface area (Å²) in [7, 11) is 0. The number of rotatable bonds is 9. The Hall–Kier alpha value is -2.65. The standard InChI is InChI=1S/C23H26NO2/c1-20(21-8-4-2-5-9-21)22-10-12-23(13-11-22)26-19-18-25-17-16-24-14-6-3-7-15-24/h2-15,20H,16-19H2,1H3/q+1.